The van der Waals surface area contributed by atoms with E-state index in [0.717, 1.165) is 12.8 Å². The zero-order chi connectivity index (χ0) is 13.6. The lowest BCUT2D eigenvalue weighted by Gasteiger charge is -2.29. The largest absolute Gasteiger partial charge is 0.344 e. The summed E-state index contributed by atoms with van der Waals surface area (Å²) >= 11 is 0. The molecule has 1 aliphatic carbocycles. The highest BCUT2D eigenvalue weighted by molar-refractivity contribution is 5.90. The van der Waals surface area contributed by atoms with E-state index in [1.165, 1.54) is 4.90 Å². The van der Waals surface area contributed by atoms with Crippen molar-refractivity contribution in [3.63, 3.8) is 0 Å². The highest BCUT2D eigenvalue weighted by atomic mass is 16.5. The van der Waals surface area contributed by atoms with E-state index in [4.69, 9.17) is 0 Å². The molecule has 0 aromatic rings. The molecule has 3 rings (SSSR count). The number of piperidine rings is 1. The molecule has 2 saturated heterocycles. The SMILES string of the molecule is O=C(NNC(=O)[C@@H]1CC[C@@H]2CN1C(=O)N2O)C1CC1. The maximum atomic E-state index is 12.0. The van der Waals surface area contributed by atoms with Crippen molar-refractivity contribution in [2.75, 3.05) is 6.54 Å². The predicted molar refractivity (Wildman–Crippen MR) is 61.5 cm³/mol. The Morgan fingerprint density at radius 1 is 1.11 bits per heavy atom. The second kappa shape index (κ2) is 4.37. The molecular formula is C11H16N4O4. The van der Waals surface area contributed by atoms with E-state index in [9.17, 15) is 19.6 Å². The standard InChI is InChI=1S/C11H16N4O4/c16-9(6-1-2-6)12-13-10(17)8-4-3-7-5-14(8)11(18)15(7)19/h6-8,19H,1-5H2,(H,12,16)(H,13,17)/t7-,8+/m1/s1. The van der Waals surface area contributed by atoms with Crippen molar-refractivity contribution in [3.05, 3.63) is 0 Å². The van der Waals surface area contributed by atoms with Crippen molar-refractivity contribution < 1.29 is 19.6 Å². The predicted octanol–water partition coefficient (Wildman–Crippen LogP) is -0.798. The van der Waals surface area contributed by atoms with Crippen LogP contribution in [-0.2, 0) is 9.59 Å². The molecule has 3 aliphatic rings. The molecule has 2 atom stereocenters. The van der Waals surface area contributed by atoms with E-state index in [1.54, 1.807) is 0 Å². The van der Waals surface area contributed by atoms with Gasteiger partial charge in [0.2, 0.25) is 5.91 Å². The summed E-state index contributed by atoms with van der Waals surface area (Å²) in [7, 11) is 0. The fourth-order valence-corrected chi connectivity index (χ4v) is 2.58. The molecular weight excluding hydrogens is 252 g/mol. The fraction of sp³-hybridized carbons (Fsp3) is 0.727. The topological polar surface area (TPSA) is 102 Å². The number of nitrogens with zero attached hydrogens (tertiary/aromatic N) is 2. The Morgan fingerprint density at radius 2 is 1.79 bits per heavy atom. The van der Waals surface area contributed by atoms with Crippen molar-refractivity contribution in [2.24, 2.45) is 5.92 Å². The molecule has 3 N–H and O–H groups in total. The molecule has 0 unspecified atom stereocenters. The van der Waals surface area contributed by atoms with Crippen LogP contribution in [0.4, 0.5) is 4.79 Å². The average Bonchev–Trinajstić information content (AvgIpc) is 3.23. The van der Waals surface area contributed by atoms with Gasteiger partial charge < -0.3 is 4.90 Å². The van der Waals surface area contributed by atoms with E-state index < -0.39 is 18.0 Å². The summed E-state index contributed by atoms with van der Waals surface area (Å²) in [5, 5.41) is 10.2. The number of carbonyl (C=O) groups is 3. The van der Waals surface area contributed by atoms with Crippen LogP contribution in [0.5, 0.6) is 0 Å². The van der Waals surface area contributed by atoms with Gasteiger partial charge in [-0.05, 0) is 25.7 Å². The number of amides is 4. The zero-order valence-electron chi connectivity index (χ0n) is 10.3. The van der Waals surface area contributed by atoms with Crippen molar-refractivity contribution in [1.29, 1.82) is 0 Å². The van der Waals surface area contributed by atoms with Crippen LogP contribution in [0.2, 0.25) is 0 Å². The molecule has 8 heteroatoms. The Balaban J connectivity index is 1.57. The van der Waals surface area contributed by atoms with Crippen molar-refractivity contribution in [1.82, 2.24) is 20.8 Å². The minimum Gasteiger partial charge on any atom is -0.309 e. The quantitative estimate of drug-likeness (QED) is 0.451. The van der Waals surface area contributed by atoms with Crippen LogP contribution in [0, 0.1) is 5.92 Å². The molecule has 19 heavy (non-hydrogen) atoms. The van der Waals surface area contributed by atoms with Gasteiger partial charge in [-0.15, -0.1) is 0 Å². The summed E-state index contributed by atoms with van der Waals surface area (Å²) < 4.78 is 0. The molecule has 8 nitrogen and oxygen atoms in total. The summed E-state index contributed by atoms with van der Waals surface area (Å²) in [5.74, 6) is -0.577. The first-order chi connectivity index (χ1) is 9.08. The Labute approximate surface area is 109 Å². The van der Waals surface area contributed by atoms with E-state index in [2.05, 4.69) is 10.9 Å². The van der Waals surface area contributed by atoms with Gasteiger partial charge in [-0.25, -0.2) is 9.86 Å². The zero-order valence-corrected chi connectivity index (χ0v) is 10.3. The highest BCUT2D eigenvalue weighted by Gasteiger charge is 2.46. The molecule has 2 bridgehead atoms. The highest BCUT2D eigenvalue weighted by Crippen LogP contribution is 2.29. The maximum absolute atomic E-state index is 12.0. The molecule has 1 saturated carbocycles. The molecule has 0 aromatic carbocycles. The monoisotopic (exact) mass is 268 g/mol. The lowest BCUT2D eigenvalue weighted by atomic mass is 10.0. The van der Waals surface area contributed by atoms with Gasteiger partial charge in [0.05, 0.1) is 6.04 Å². The van der Waals surface area contributed by atoms with Crippen LogP contribution < -0.4 is 10.9 Å². The van der Waals surface area contributed by atoms with E-state index in [1.807, 2.05) is 0 Å². The van der Waals surface area contributed by atoms with Gasteiger partial charge in [-0.1, -0.05) is 0 Å². The molecule has 2 aliphatic heterocycles. The Morgan fingerprint density at radius 3 is 2.47 bits per heavy atom. The van der Waals surface area contributed by atoms with Gasteiger partial charge in [0.25, 0.3) is 5.91 Å². The number of hydrogen-bond donors (Lipinski definition) is 3. The number of rotatable bonds is 2. The summed E-state index contributed by atoms with van der Waals surface area (Å²) in [6, 6.07) is -1.39. The van der Waals surface area contributed by atoms with Crippen LogP contribution in [0.15, 0.2) is 0 Å². The second-order valence-electron chi connectivity index (χ2n) is 5.28. The molecule has 4 amide bonds. The minimum absolute atomic E-state index is 0.0115. The Kier molecular flexibility index (Phi) is 2.81. The average molecular weight is 268 g/mol. The molecule has 0 spiro atoms. The number of hydroxylamine groups is 2. The van der Waals surface area contributed by atoms with Gasteiger partial charge in [-0.2, -0.15) is 0 Å². The smallest absolute Gasteiger partial charge is 0.309 e. The lowest BCUT2D eigenvalue weighted by Crippen LogP contribution is -2.54. The number of urea groups is 1. The third-order valence-corrected chi connectivity index (χ3v) is 3.90. The van der Waals surface area contributed by atoms with Gasteiger partial charge in [0.15, 0.2) is 0 Å². The third kappa shape index (κ3) is 2.12. The summed E-state index contributed by atoms with van der Waals surface area (Å²) in [5.41, 5.74) is 4.73. The van der Waals surface area contributed by atoms with Gasteiger partial charge in [0.1, 0.15) is 6.04 Å². The second-order valence-corrected chi connectivity index (χ2v) is 5.28. The fourth-order valence-electron chi connectivity index (χ4n) is 2.58. The number of hydrazine groups is 1. The molecule has 2 heterocycles. The number of hydrogen-bond acceptors (Lipinski definition) is 4. The number of carbonyl (C=O) groups excluding carboxylic acids is 3. The van der Waals surface area contributed by atoms with Crippen LogP contribution in [0.25, 0.3) is 0 Å². The number of fused-ring (bicyclic) bond motifs is 2. The molecule has 104 valence electrons. The van der Waals surface area contributed by atoms with E-state index in [0.29, 0.717) is 24.4 Å². The first-order valence-electron chi connectivity index (χ1n) is 6.46. The van der Waals surface area contributed by atoms with Crippen LogP contribution >= 0.6 is 0 Å². The third-order valence-electron chi connectivity index (χ3n) is 3.90. The molecule has 3 fully saturated rings. The van der Waals surface area contributed by atoms with Gasteiger partial charge in [-0.3, -0.25) is 25.6 Å². The molecule has 0 aromatic heterocycles. The van der Waals surface area contributed by atoms with Crippen molar-refractivity contribution in [3.8, 4) is 0 Å². The van der Waals surface area contributed by atoms with Gasteiger partial charge >= 0.3 is 6.03 Å². The van der Waals surface area contributed by atoms with E-state index in [-0.39, 0.29) is 17.9 Å². The van der Waals surface area contributed by atoms with Gasteiger partial charge in [0, 0.05) is 12.5 Å². The number of nitrogens with one attached hydrogen (secondary N) is 2. The van der Waals surface area contributed by atoms with Crippen LogP contribution in [0.3, 0.4) is 0 Å². The summed E-state index contributed by atoms with van der Waals surface area (Å²) in [6.45, 7) is 0.351. The maximum Gasteiger partial charge on any atom is 0.344 e. The van der Waals surface area contributed by atoms with Crippen molar-refractivity contribution in [2.45, 2.75) is 37.8 Å². The first-order valence-corrected chi connectivity index (χ1v) is 6.46. The van der Waals surface area contributed by atoms with Crippen LogP contribution in [-0.4, -0.2) is 51.6 Å². The summed E-state index contributed by atoms with van der Waals surface area (Å²) in [4.78, 5) is 36.4. The van der Waals surface area contributed by atoms with Crippen molar-refractivity contribution >= 4 is 17.8 Å². The lowest BCUT2D eigenvalue weighted by molar-refractivity contribution is -0.132. The Bertz CT molecular complexity index is 436. The first kappa shape index (κ1) is 12.2. The minimum atomic E-state index is -0.625. The molecule has 0 radical (unpaired) electrons. The van der Waals surface area contributed by atoms with Crippen LogP contribution in [0.1, 0.15) is 25.7 Å². The summed E-state index contributed by atoms with van der Waals surface area (Å²) in [6.07, 6.45) is 2.78. The normalized spacial score (nSPS) is 29.4. The van der Waals surface area contributed by atoms with E-state index >= 15 is 0 Å². The Hall–Kier alpha value is -1.83.